The highest BCUT2D eigenvalue weighted by Crippen LogP contribution is 2.27. The molecule has 0 aliphatic carbocycles. The van der Waals surface area contributed by atoms with Gasteiger partial charge in [-0.3, -0.25) is 14.8 Å². The number of anilines is 1. The van der Waals surface area contributed by atoms with Crippen molar-refractivity contribution in [3.63, 3.8) is 0 Å². The molecule has 2 aromatic heterocycles. The van der Waals surface area contributed by atoms with Crippen LogP contribution >= 0.6 is 0 Å². The monoisotopic (exact) mass is 349 g/mol. The molecule has 0 aliphatic rings. The number of benzene rings is 1. The van der Waals surface area contributed by atoms with Crippen LogP contribution in [0.25, 0.3) is 10.9 Å². The molecule has 2 heterocycles. The summed E-state index contributed by atoms with van der Waals surface area (Å²) in [6, 6.07) is 14.1. The smallest absolute Gasteiger partial charge is 0.311 e. The van der Waals surface area contributed by atoms with E-state index in [2.05, 4.69) is 27.9 Å². The van der Waals surface area contributed by atoms with Gasteiger partial charge in [0.15, 0.2) is 0 Å². The maximum atomic E-state index is 11.7. The summed E-state index contributed by atoms with van der Waals surface area (Å²) in [5, 5.41) is 1.10. The Bertz CT molecular complexity index is 881. The van der Waals surface area contributed by atoms with Gasteiger partial charge in [0, 0.05) is 36.6 Å². The van der Waals surface area contributed by atoms with E-state index in [1.165, 1.54) is 12.7 Å². The Morgan fingerprint density at radius 1 is 1.15 bits per heavy atom. The molecule has 0 atom stereocenters. The van der Waals surface area contributed by atoms with Gasteiger partial charge in [0.05, 0.1) is 24.7 Å². The molecule has 0 fully saturated rings. The van der Waals surface area contributed by atoms with Crippen LogP contribution in [0.2, 0.25) is 0 Å². The lowest BCUT2D eigenvalue weighted by Crippen LogP contribution is -2.26. The van der Waals surface area contributed by atoms with Gasteiger partial charge < -0.3 is 9.64 Å². The first-order valence-corrected chi connectivity index (χ1v) is 8.80. The number of para-hydroxylation sites is 1. The second-order valence-corrected chi connectivity index (χ2v) is 6.09. The van der Waals surface area contributed by atoms with Crippen LogP contribution in [0, 0.1) is 0 Å². The molecule has 3 aromatic rings. The molecule has 0 radical (unpaired) electrons. The van der Waals surface area contributed by atoms with E-state index in [9.17, 15) is 4.79 Å². The highest BCUT2D eigenvalue weighted by molar-refractivity contribution is 5.92. The molecule has 0 unspecified atom stereocenters. The van der Waals surface area contributed by atoms with Gasteiger partial charge in [-0.15, -0.1) is 0 Å². The van der Waals surface area contributed by atoms with Crippen molar-refractivity contribution in [1.29, 1.82) is 0 Å². The van der Waals surface area contributed by atoms with Gasteiger partial charge in [0.2, 0.25) is 0 Å². The van der Waals surface area contributed by atoms with Gasteiger partial charge in [-0.2, -0.15) is 0 Å². The van der Waals surface area contributed by atoms with Crippen LogP contribution in [0.1, 0.15) is 18.2 Å². The fourth-order valence-corrected chi connectivity index (χ4v) is 3.04. The molecular formula is C21H23N3O2. The minimum atomic E-state index is -0.279. The van der Waals surface area contributed by atoms with E-state index in [0.29, 0.717) is 0 Å². The molecule has 3 rings (SSSR count). The zero-order valence-corrected chi connectivity index (χ0v) is 15.2. The number of aromatic nitrogens is 2. The Labute approximate surface area is 153 Å². The molecule has 5 heteroatoms. The number of carbonyl (C=O) groups excluding carboxylic acids is 1. The fourth-order valence-electron chi connectivity index (χ4n) is 3.04. The van der Waals surface area contributed by atoms with Crippen molar-refractivity contribution in [1.82, 2.24) is 9.97 Å². The summed E-state index contributed by atoms with van der Waals surface area (Å²) in [7, 11) is 1.40. The lowest BCUT2D eigenvalue weighted by molar-refractivity contribution is -0.139. The molecule has 0 saturated heterocycles. The Morgan fingerprint density at radius 3 is 2.65 bits per heavy atom. The van der Waals surface area contributed by atoms with Crippen LogP contribution in [0.15, 0.2) is 54.9 Å². The summed E-state index contributed by atoms with van der Waals surface area (Å²) >= 11 is 0. The van der Waals surface area contributed by atoms with E-state index in [-0.39, 0.29) is 12.4 Å². The predicted octanol–water partition coefficient (Wildman–Crippen LogP) is 3.41. The van der Waals surface area contributed by atoms with Crippen molar-refractivity contribution in [2.24, 2.45) is 0 Å². The normalized spacial score (nSPS) is 10.7. The first-order chi connectivity index (χ1) is 12.7. The van der Waals surface area contributed by atoms with Crippen molar-refractivity contribution >= 4 is 22.6 Å². The van der Waals surface area contributed by atoms with Crippen LogP contribution < -0.4 is 4.90 Å². The zero-order valence-electron chi connectivity index (χ0n) is 15.2. The first-order valence-electron chi connectivity index (χ1n) is 8.80. The SMILES string of the molecule is CCN(CCc1ccncc1)c1cc(CC(=O)OC)nc2ccccc12. The second kappa shape index (κ2) is 8.43. The number of pyridine rings is 2. The van der Waals surface area contributed by atoms with Gasteiger partial charge >= 0.3 is 5.97 Å². The van der Waals surface area contributed by atoms with Gasteiger partial charge in [-0.1, -0.05) is 18.2 Å². The van der Waals surface area contributed by atoms with E-state index in [0.717, 1.165) is 41.8 Å². The van der Waals surface area contributed by atoms with E-state index >= 15 is 0 Å². The number of rotatable bonds is 7. The number of carbonyl (C=O) groups is 1. The van der Waals surface area contributed by atoms with Crippen LogP contribution in [0.4, 0.5) is 5.69 Å². The van der Waals surface area contributed by atoms with E-state index < -0.39 is 0 Å². The third-order valence-electron chi connectivity index (χ3n) is 4.44. The van der Waals surface area contributed by atoms with E-state index in [4.69, 9.17) is 4.74 Å². The van der Waals surface area contributed by atoms with Crippen molar-refractivity contribution in [3.8, 4) is 0 Å². The molecule has 5 nitrogen and oxygen atoms in total. The van der Waals surface area contributed by atoms with Crippen molar-refractivity contribution in [2.45, 2.75) is 19.8 Å². The number of hydrogen-bond donors (Lipinski definition) is 0. The average Bonchev–Trinajstić information content (AvgIpc) is 2.69. The van der Waals surface area contributed by atoms with Crippen molar-refractivity contribution in [2.75, 3.05) is 25.1 Å². The third-order valence-corrected chi connectivity index (χ3v) is 4.44. The van der Waals surface area contributed by atoms with E-state index in [1.54, 1.807) is 0 Å². The molecule has 26 heavy (non-hydrogen) atoms. The Hall–Kier alpha value is -2.95. The molecule has 0 aliphatic heterocycles. The third kappa shape index (κ3) is 4.17. The number of hydrogen-bond acceptors (Lipinski definition) is 5. The Kier molecular flexibility index (Phi) is 5.79. The van der Waals surface area contributed by atoms with Crippen LogP contribution in [-0.2, 0) is 22.4 Å². The summed E-state index contributed by atoms with van der Waals surface area (Å²) < 4.78 is 4.80. The molecule has 134 valence electrons. The fraction of sp³-hybridized carbons (Fsp3) is 0.286. The standard InChI is InChI=1S/C21H23N3O2/c1-3-24(13-10-16-8-11-22-12-9-16)20-14-17(15-21(25)26-2)23-19-7-5-4-6-18(19)20/h4-9,11-12,14H,3,10,13,15H2,1-2H3. The number of ether oxygens (including phenoxy) is 1. The summed E-state index contributed by atoms with van der Waals surface area (Å²) in [6.07, 6.45) is 4.75. The number of fused-ring (bicyclic) bond motifs is 1. The minimum absolute atomic E-state index is 0.177. The second-order valence-electron chi connectivity index (χ2n) is 6.09. The number of esters is 1. The summed E-state index contributed by atoms with van der Waals surface area (Å²) in [5.41, 5.74) is 3.98. The molecule has 0 bridgehead atoms. The summed E-state index contributed by atoms with van der Waals surface area (Å²) in [6.45, 7) is 3.89. The van der Waals surface area contributed by atoms with E-state index in [1.807, 2.05) is 48.8 Å². The minimum Gasteiger partial charge on any atom is -0.469 e. The molecule has 0 saturated carbocycles. The average molecular weight is 349 g/mol. The summed E-state index contributed by atoms with van der Waals surface area (Å²) in [4.78, 5) is 22.7. The first kappa shape index (κ1) is 17.9. The van der Waals surface area contributed by atoms with Crippen LogP contribution in [-0.4, -0.2) is 36.1 Å². The zero-order chi connectivity index (χ0) is 18.4. The highest BCUT2D eigenvalue weighted by Gasteiger charge is 2.14. The topological polar surface area (TPSA) is 55.3 Å². The maximum Gasteiger partial charge on any atom is 0.311 e. The quantitative estimate of drug-likeness (QED) is 0.612. The molecule has 0 amide bonds. The van der Waals surface area contributed by atoms with Gasteiger partial charge in [-0.25, -0.2) is 0 Å². The Morgan fingerprint density at radius 2 is 1.92 bits per heavy atom. The summed E-state index contributed by atoms with van der Waals surface area (Å²) in [5.74, 6) is -0.279. The van der Waals surface area contributed by atoms with Crippen molar-refractivity contribution < 1.29 is 9.53 Å². The lowest BCUT2D eigenvalue weighted by atomic mass is 10.1. The number of nitrogens with zero attached hydrogens (tertiary/aromatic N) is 3. The Balaban J connectivity index is 1.93. The molecular weight excluding hydrogens is 326 g/mol. The molecule has 1 aromatic carbocycles. The maximum absolute atomic E-state index is 11.7. The predicted molar refractivity (Wildman–Crippen MR) is 103 cm³/mol. The lowest BCUT2D eigenvalue weighted by Gasteiger charge is -2.25. The molecule has 0 spiro atoms. The highest BCUT2D eigenvalue weighted by atomic mass is 16.5. The van der Waals surface area contributed by atoms with Gasteiger partial charge in [0.1, 0.15) is 0 Å². The number of likely N-dealkylation sites (N-methyl/N-ethyl adjacent to an activating group) is 1. The van der Waals surface area contributed by atoms with Gasteiger partial charge in [-0.05, 0) is 43.2 Å². The van der Waals surface area contributed by atoms with Gasteiger partial charge in [0.25, 0.3) is 0 Å². The molecule has 0 N–H and O–H groups in total. The van der Waals surface area contributed by atoms with Crippen LogP contribution in [0.3, 0.4) is 0 Å². The van der Waals surface area contributed by atoms with Crippen molar-refractivity contribution in [3.05, 3.63) is 66.1 Å². The van der Waals surface area contributed by atoms with Crippen LogP contribution in [0.5, 0.6) is 0 Å². The number of methoxy groups -OCH3 is 1. The largest absolute Gasteiger partial charge is 0.469 e.